The molecule has 4 nitrogen and oxygen atoms in total. The zero-order valence-electron chi connectivity index (χ0n) is 13.2. The predicted octanol–water partition coefficient (Wildman–Crippen LogP) is 3.42. The molecule has 1 unspecified atom stereocenters. The number of piperidine rings is 1. The predicted molar refractivity (Wildman–Crippen MR) is 89.9 cm³/mol. The van der Waals surface area contributed by atoms with Crippen molar-refractivity contribution < 1.29 is 0 Å². The summed E-state index contributed by atoms with van der Waals surface area (Å²) >= 11 is 0. The molecule has 22 heavy (non-hydrogen) atoms. The quantitative estimate of drug-likeness (QED) is 0.918. The van der Waals surface area contributed by atoms with E-state index in [0.29, 0.717) is 6.04 Å². The fourth-order valence-corrected chi connectivity index (χ4v) is 3.09. The Hall–Kier alpha value is -1.94. The molecule has 1 atom stereocenters. The zero-order valence-corrected chi connectivity index (χ0v) is 13.2. The van der Waals surface area contributed by atoms with Crippen LogP contribution in [-0.2, 0) is 0 Å². The highest BCUT2D eigenvalue weighted by Crippen LogP contribution is 2.24. The summed E-state index contributed by atoms with van der Waals surface area (Å²) in [4.78, 5) is 11.3. The molecule has 3 rings (SSSR count). The van der Waals surface area contributed by atoms with Crippen LogP contribution in [0.25, 0.3) is 0 Å². The number of nitrogens with zero attached hydrogens (tertiary/aromatic N) is 3. The molecular weight excluding hydrogens is 272 g/mol. The van der Waals surface area contributed by atoms with E-state index in [4.69, 9.17) is 0 Å². The summed E-state index contributed by atoms with van der Waals surface area (Å²) in [6.45, 7) is 5.19. The molecule has 0 bridgehead atoms. The lowest BCUT2D eigenvalue weighted by Gasteiger charge is -2.35. The Labute approximate surface area is 132 Å². The first-order valence-electron chi connectivity index (χ1n) is 8.15. The lowest BCUT2D eigenvalue weighted by molar-refractivity contribution is 0.170. The van der Waals surface area contributed by atoms with Gasteiger partial charge in [0.1, 0.15) is 0 Å². The molecule has 1 aromatic carbocycles. The maximum absolute atomic E-state index is 4.44. The van der Waals surface area contributed by atoms with Crippen molar-refractivity contribution >= 4 is 5.95 Å². The first-order valence-corrected chi connectivity index (χ1v) is 8.15. The minimum atomic E-state index is 0.380. The Morgan fingerprint density at radius 2 is 1.86 bits per heavy atom. The van der Waals surface area contributed by atoms with Crippen LogP contribution in [0.5, 0.6) is 0 Å². The van der Waals surface area contributed by atoms with Gasteiger partial charge in [0.25, 0.3) is 0 Å². The summed E-state index contributed by atoms with van der Waals surface area (Å²) in [5, 5.41) is 3.42. The monoisotopic (exact) mass is 296 g/mol. The van der Waals surface area contributed by atoms with E-state index in [1.807, 2.05) is 19.2 Å². The van der Waals surface area contributed by atoms with Crippen molar-refractivity contribution in [2.24, 2.45) is 0 Å². The highest BCUT2D eigenvalue weighted by Gasteiger charge is 2.22. The first kappa shape index (κ1) is 15.0. The molecule has 116 valence electrons. The fourth-order valence-electron chi connectivity index (χ4n) is 3.09. The van der Waals surface area contributed by atoms with Gasteiger partial charge in [0.05, 0.1) is 6.04 Å². The number of aromatic nitrogens is 2. The van der Waals surface area contributed by atoms with E-state index in [1.165, 1.54) is 37.9 Å². The van der Waals surface area contributed by atoms with Crippen molar-refractivity contribution in [2.45, 2.75) is 32.2 Å². The van der Waals surface area contributed by atoms with Gasteiger partial charge in [-0.05, 0) is 44.5 Å². The van der Waals surface area contributed by atoms with E-state index < -0.39 is 0 Å². The molecule has 2 aromatic rings. The standard InChI is InChI=1S/C18H24N4/c1-15-10-11-19-18(21-15)20-14-17(16-8-4-2-5-9-16)22-12-6-3-7-13-22/h2,4-5,8-11,17H,3,6-7,12-14H2,1H3,(H,19,20,21). The van der Waals surface area contributed by atoms with Gasteiger partial charge in [0, 0.05) is 18.4 Å². The molecule has 1 aromatic heterocycles. The molecular formula is C18H24N4. The smallest absolute Gasteiger partial charge is 0.222 e. The van der Waals surface area contributed by atoms with Crippen molar-refractivity contribution in [3.63, 3.8) is 0 Å². The third kappa shape index (κ3) is 3.83. The number of aryl methyl sites for hydroxylation is 1. The lowest BCUT2D eigenvalue weighted by Crippen LogP contribution is -2.37. The number of likely N-dealkylation sites (tertiary alicyclic amines) is 1. The molecule has 1 N–H and O–H groups in total. The maximum Gasteiger partial charge on any atom is 0.222 e. The molecule has 1 aliphatic rings. The van der Waals surface area contributed by atoms with Gasteiger partial charge < -0.3 is 5.32 Å². The summed E-state index contributed by atoms with van der Waals surface area (Å²) in [5.74, 6) is 0.720. The number of benzene rings is 1. The largest absolute Gasteiger partial charge is 0.352 e. The first-order chi connectivity index (χ1) is 10.8. The van der Waals surface area contributed by atoms with E-state index >= 15 is 0 Å². The van der Waals surface area contributed by atoms with Gasteiger partial charge in [-0.1, -0.05) is 36.8 Å². The minimum absolute atomic E-state index is 0.380. The Bertz CT molecular complexity index is 579. The van der Waals surface area contributed by atoms with Crippen LogP contribution in [0, 0.1) is 6.92 Å². The van der Waals surface area contributed by atoms with Crippen LogP contribution in [0.3, 0.4) is 0 Å². The van der Waals surface area contributed by atoms with Gasteiger partial charge in [-0.15, -0.1) is 0 Å². The molecule has 1 saturated heterocycles. The van der Waals surface area contributed by atoms with Crippen molar-refractivity contribution in [3.05, 3.63) is 53.9 Å². The normalized spacial score (nSPS) is 17.1. The number of hydrogen-bond acceptors (Lipinski definition) is 4. The van der Waals surface area contributed by atoms with Crippen LogP contribution in [0.4, 0.5) is 5.95 Å². The zero-order chi connectivity index (χ0) is 15.2. The average molecular weight is 296 g/mol. The van der Waals surface area contributed by atoms with Crippen molar-refractivity contribution in [1.82, 2.24) is 14.9 Å². The van der Waals surface area contributed by atoms with Crippen LogP contribution >= 0.6 is 0 Å². The summed E-state index contributed by atoms with van der Waals surface area (Å²) in [6, 6.07) is 13.1. The van der Waals surface area contributed by atoms with Gasteiger partial charge in [-0.3, -0.25) is 4.90 Å². The van der Waals surface area contributed by atoms with Crippen LogP contribution in [0.15, 0.2) is 42.6 Å². The highest BCUT2D eigenvalue weighted by molar-refractivity contribution is 5.28. The molecule has 1 fully saturated rings. The average Bonchev–Trinajstić information content (AvgIpc) is 2.57. The lowest BCUT2D eigenvalue weighted by atomic mass is 10.0. The molecule has 0 aliphatic carbocycles. The summed E-state index contributed by atoms with van der Waals surface area (Å²) < 4.78 is 0. The SMILES string of the molecule is Cc1ccnc(NCC(c2ccccc2)N2CCCCC2)n1. The number of nitrogens with one attached hydrogen (secondary N) is 1. The van der Waals surface area contributed by atoms with Crippen LogP contribution in [-0.4, -0.2) is 34.5 Å². The number of hydrogen-bond donors (Lipinski definition) is 1. The van der Waals surface area contributed by atoms with Crippen LogP contribution in [0.2, 0.25) is 0 Å². The van der Waals surface area contributed by atoms with E-state index in [0.717, 1.165) is 18.2 Å². The molecule has 0 radical (unpaired) electrons. The molecule has 0 saturated carbocycles. The summed E-state index contributed by atoms with van der Waals surface area (Å²) in [6.07, 6.45) is 5.75. The van der Waals surface area contributed by atoms with Gasteiger partial charge in [-0.25, -0.2) is 9.97 Å². The topological polar surface area (TPSA) is 41.1 Å². The Kier molecular flexibility index (Phi) is 5.01. The Morgan fingerprint density at radius 1 is 1.09 bits per heavy atom. The van der Waals surface area contributed by atoms with E-state index in [2.05, 4.69) is 50.5 Å². The van der Waals surface area contributed by atoms with Crippen molar-refractivity contribution in [3.8, 4) is 0 Å². The van der Waals surface area contributed by atoms with Crippen LogP contribution < -0.4 is 5.32 Å². The van der Waals surface area contributed by atoms with E-state index in [1.54, 1.807) is 0 Å². The third-order valence-corrected chi connectivity index (χ3v) is 4.26. The van der Waals surface area contributed by atoms with Gasteiger partial charge in [0.2, 0.25) is 5.95 Å². The van der Waals surface area contributed by atoms with Crippen LogP contribution in [0.1, 0.15) is 36.6 Å². The second-order valence-corrected chi connectivity index (χ2v) is 5.93. The number of rotatable bonds is 5. The molecule has 1 aliphatic heterocycles. The molecule has 0 amide bonds. The van der Waals surface area contributed by atoms with Gasteiger partial charge in [0.15, 0.2) is 0 Å². The van der Waals surface area contributed by atoms with Crippen molar-refractivity contribution in [2.75, 3.05) is 25.0 Å². The Morgan fingerprint density at radius 3 is 2.59 bits per heavy atom. The maximum atomic E-state index is 4.44. The Balaban J connectivity index is 1.73. The summed E-state index contributed by atoms with van der Waals surface area (Å²) in [5.41, 5.74) is 2.36. The van der Waals surface area contributed by atoms with E-state index in [-0.39, 0.29) is 0 Å². The number of anilines is 1. The molecule has 4 heteroatoms. The van der Waals surface area contributed by atoms with E-state index in [9.17, 15) is 0 Å². The molecule has 2 heterocycles. The van der Waals surface area contributed by atoms with Gasteiger partial charge >= 0.3 is 0 Å². The van der Waals surface area contributed by atoms with Gasteiger partial charge in [-0.2, -0.15) is 0 Å². The van der Waals surface area contributed by atoms with Crippen molar-refractivity contribution in [1.29, 1.82) is 0 Å². The molecule has 0 spiro atoms. The second kappa shape index (κ2) is 7.36. The third-order valence-electron chi connectivity index (χ3n) is 4.26. The summed E-state index contributed by atoms with van der Waals surface area (Å²) in [7, 11) is 0. The second-order valence-electron chi connectivity index (χ2n) is 5.93. The fraction of sp³-hybridized carbons (Fsp3) is 0.444. The minimum Gasteiger partial charge on any atom is -0.352 e. The highest BCUT2D eigenvalue weighted by atomic mass is 15.2.